The summed E-state index contributed by atoms with van der Waals surface area (Å²) in [4.78, 5) is 27.3. The van der Waals surface area contributed by atoms with Gasteiger partial charge in [0.2, 0.25) is 5.91 Å². The van der Waals surface area contributed by atoms with Crippen LogP contribution in [0.25, 0.3) is 0 Å². The SMILES string of the molecule is CC(C)(C)OC(=O)N(C(=O)[C@@H]1C[C@H](S(=O)(=O)c2ccccc2)CCN1)C(C)(C)C. The molecule has 1 heterocycles. The van der Waals surface area contributed by atoms with Gasteiger partial charge in [-0.3, -0.25) is 4.79 Å². The number of sulfone groups is 1. The Labute approximate surface area is 173 Å². The molecular weight excluding hydrogens is 392 g/mol. The molecule has 0 aliphatic carbocycles. The van der Waals surface area contributed by atoms with Crippen LogP contribution < -0.4 is 5.32 Å². The lowest BCUT2D eigenvalue weighted by Gasteiger charge is -2.39. The molecule has 7 nitrogen and oxygen atoms in total. The number of amides is 2. The third-order valence-electron chi connectivity index (χ3n) is 4.63. The van der Waals surface area contributed by atoms with Crippen LogP contribution in [-0.4, -0.2) is 54.3 Å². The molecule has 1 saturated heterocycles. The van der Waals surface area contributed by atoms with Crippen LogP contribution in [0.2, 0.25) is 0 Å². The molecule has 0 saturated carbocycles. The lowest BCUT2D eigenvalue weighted by atomic mass is 9.99. The predicted octanol–water partition coefficient (Wildman–Crippen LogP) is 3.14. The van der Waals surface area contributed by atoms with E-state index in [2.05, 4.69) is 5.32 Å². The molecule has 29 heavy (non-hydrogen) atoms. The zero-order chi connectivity index (χ0) is 22.0. The van der Waals surface area contributed by atoms with Gasteiger partial charge in [-0.1, -0.05) is 18.2 Å². The standard InChI is InChI=1S/C21H32N2O5S/c1-20(2,3)23(19(25)28-21(4,5)6)18(24)17-14-16(12-13-22-17)29(26,27)15-10-8-7-9-11-15/h7-11,16-17,22H,12-14H2,1-6H3/t16-,17+/m1/s1. The Kier molecular flexibility index (Phi) is 6.79. The van der Waals surface area contributed by atoms with Crippen LogP contribution in [0.1, 0.15) is 54.4 Å². The Bertz CT molecular complexity index is 838. The highest BCUT2D eigenvalue weighted by Gasteiger charge is 2.42. The van der Waals surface area contributed by atoms with Gasteiger partial charge < -0.3 is 10.1 Å². The highest BCUT2D eigenvalue weighted by Crippen LogP contribution is 2.27. The Balaban J connectivity index is 2.25. The molecule has 2 amide bonds. The van der Waals surface area contributed by atoms with E-state index in [1.54, 1.807) is 71.9 Å². The number of rotatable bonds is 3. The van der Waals surface area contributed by atoms with Crippen molar-refractivity contribution in [3.05, 3.63) is 30.3 Å². The second-order valence-corrected chi connectivity index (χ2v) is 11.6. The molecule has 1 fully saturated rings. The Hall–Kier alpha value is -1.93. The summed E-state index contributed by atoms with van der Waals surface area (Å²) in [5.74, 6) is -0.472. The maximum Gasteiger partial charge on any atom is 0.417 e. The van der Waals surface area contributed by atoms with Gasteiger partial charge in [0.05, 0.1) is 16.2 Å². The van der Waals surface area contributed by atoms with Crippen LogP contribution in [-0.2, 0) is 19.4 Å². The van der Waals surface area contributed by atoms with Gasteiger partial charge in [0, 0.05) is 5.54 Å². The highest BCUT2D eigenvalue weighted by atomic mass is 32.2. The zero-order valence-electron chi connectivity index (χ0n) is 18.1. The summed E-state index contributed by atoms with van der Waals surface area (Å²) >= 11 is 0. The molecule has 0 unspecified atom stereocenters. The highest BCUT2D eigenvalue weighted by molar-refractivity contribution is 7.92. The van der Waals surface area contributed by atoms with Gasteiger partial charge in [0.1, 0.15) is 5.60 Å². The molecule has 2 rings (SSSR count). The van der Waals surface area contributed by atoms with Crippen LogP contribution in [0.5, 0.6) is 0 Å². The summed E-state index contributed by atoms with van der Waals surface area (Å²) in [7, 11) is -3.57. The van der Waals surface area contributed by atoms with Crippen molar-refractivity contribution in [2.24, 2.45) is 0 Å². The molecule has 0 bridgehead atoms. The number of carbonyl (C=O) groups is 2. The van der Waals surface area contributed by atoms with Crippen molar-refractivity contribution in [2.75, 3.05) is 6.54 Å². The number of ether oxygens (including phenoxy) is 1. The molecule has 1 aromatic rings. The molecule has 1 aliphatic heterocycles. The van der Waals surface area contributed by atoms with Gasteiger partial charge in [0.25, 0.3) is 0 Å². The molecule has 1 N–H and O–H groups in total. The number of imide groups is 1. The van der Waals surface area contributed by atoms with Gasteiger partial charge in [-0.2, -0.15) is 0 Å². The number of carbonyl (C=O) groups excluding carboxylic acids is 2. The minimum atomic E-state index is -3.57. The van der Waals surface area contributed by atoms with E-state index in [1.807, 2.05) is 0 Å². The van der Waals surface area contributed by atoms with Crippen molar-refractivity contribution < 1.29 is 22.7 Å². The van der Waals surface area contributed by atoms with E-state index < -0.39 is 44.3 Å². The fraction of sp³-hybridized carbons (Fsp3) is 0.619. The minimum Gasteiger partial charge on any atom is -0.443 e. The maximum atomic E-state index is 13.2. The van der Waals surface area contributed by atoms with Gasteiger partial charge in [-0.25, -0.2) is 18.1 Å². The van der Waals surface area contributed by atoms with Crippen molar-refractivity contribution in [2.45, 2.75) is 81.7 Å². The van der Waals surface area contributed by atoms with Gasteiger partial charge >= 0.3 is 6.09 Å². The van der Waals surface area contributed by atoms with E-state index in [9.17, 15) is 18.0 Å². The Morgan fingerprint density at radius 3 is 2.17 bits per heavy atom. The quantitative estimate of drug-likeness (QED) is 0.801. The summed E-state index contributed by atoms with van der Waals surface area (Å²) in [6.45, 7) is 10.8. The van der Waals surface area contributed by atoms with E-state index in [4.69, 9.17) is 4.74 Å². The van der Waals surface area contributed by atoms with Crippen LogP contribution in [0.4, 0.5) is 4.79 Å². The molecule has 1 aliphatic rings. The topological polar surface area (TPSA) is 92.8 Å². The van der Waals surface area contributed by atoms with Gasteiger partial charge in [-0.05, 0) is 73.1 Å². The van der Waals surface area contributed by atoms with Crippen molar-refractivity contribution in [1.29, 1.82) is 0 Å². The largest absolute Gasteiger partial charge is 0.443 e. The molecule has 0 spiro atoms. The monoisotopic (exact) mass is 424 g/mol. The predicted molar refractivity (Wildman–Crippen MR) is 111 cm³/mol. The number of nitrogens with zero attached hydrogens (tertiary/aromatic N) is 1. The van der Waals surface area contributed by atoms with Crippen LogP contribution in [0.15, 0.2) is 35.2 Å². The first-order valence-electron chi connectivity index (χ1n) is 9.83. The molecular formula is C21H32N2O5S. The fourth-order valence-electron chi connectivity index (χ4n) is 3.31. The van der Waals surface area contributed by atoms with Crippen molar-refractivity contribution in [3.8, 4) is 0 Å². The molecule has 0 radical (unpaired) electrons. The smallest absolute Gasteiger partial charge is 0.417 e. The Morgan fingerprint density at radius 2 is 1.66 bits per heavy atom. The summed E-state index contributed by atoms with van der Waals surface area (Å²) in [6.07, 6.45) is -0.223. The number of hydrogen-bond acceptors (Lipinski definition) is 6. The summed E-state index contributed by atoms with van der Waals surface area (Å²) in [6, 6.07) is 7.47. The average Bonchev–Trinajstić information content (AvgIpc) is 2.60. The Morgan fingerprint density at radius 1 is 1.07 bits per heavy atom. The van der Waals surface area contributed by atoms with E-state index >= 15 is 0 Å². The van der Waals surface area contributed by atoms with E-state index in [0.29, 0.717) is 13.0 Å². The molecule has 1 aromatic carbocycles. The summed E-state index contributed by atoms with van der Waals surface area (Å²) in [5.41, 5.74) is -1.56. The second-order valence-electron chi connectivity index (χ2n) is 9.34. The third-order valence-corrected chi connectivity index (χ3v) is 6.87. The summed E-state index contributed by atoms with van der Waals surface area (Å²) < 4.78 is 31.4. The first-order valence-corrected chi connectivity index (χ1v) is 11.4. The fourth-order valence-corrected chi connectivity index (χ4v) is 5.11. The first kappa shape index (κ1) is 23.3. The van der Waals surface area contributed by atoms with Crippen LogP contribution in [0, 0.1) is 0 Å². The van der Waals surface area contributed by atoms with Crippen molar-refractivity contribution in [1.82, 2.24) is 10.2 Å². The van der Waals surface area contributed by atoms with Crippen molar-refractivity contribution in [3.63, 3.8) is 0 Å². The molecule has 162 valence electrons. The summed E-state index contributed by atoms with van der Waals surface area (Å²) in [5, 5.41) is 2.39. The third kappa shape index (κ3) is 5.79. The van der Waals surface area contributed by atoms with Crippen molar-refractivity contribution >= 4 is 21.8 Å². The zero-order valence-corrected chi connectivity index (χ0v) is 18.9. The molecule has 2 atom stereocenters. The van der Waals surface area contributed by atoms with E-state index in [1.165, 1.54) is 0 Å². The van der Waals surface area contributed by atoms with Crippen LogP contribution in [0.3, 0.4) is 0 Å². The van der Waals surface area contributed by atoms with Crippen LogP contribution >= 0.6 is 0 Å². The normalized spacial score (nSPS) is 20.8. The number of nitrogens with one attached hydrogen (secondary N) is 1. The lowest BCUT2D eigenvalue weighted by molar-refractivity contribution is -0.137. The van der Waals surface area contributed by atoms with E-state index in [-0.39, 0.29) is 11.3 Å². The number of benzene rings is 1. The molecule has 0 aromatic heterocycles. The lowest BCUT2D eigenvalue weighted by Crippen LogP contribution is -2.59. The average molecular weight is 425 g/mol. The second kappa shape index (κ2) is 8.44. The van der Waals surface area contributed by atoms with E-state index in [0.717, 1.165) is 4.90 Å². The number of hydrogen-bond donors (Lipinski definition) is 1. The minimum absolute atomic E-state index is 0.103. The first-order chi connectivity index (χ1) is 13.2. The number of piperidine rings is 1. The van der Waals surface area contributed by atoms with Gasteiger partial charge in [-0.15, -0.1) is 0 Å². The van der Waals surface area contributed by atoms with Gasteiger partial charge in [0.15, 0.2) is 9.84 Å². The molecule has 8 heteroatoms. The maximum absolute atomic E-state index is 13.2.